The number of hydrogen-bond donors (Lipinski definition) is 0. The molecule has 2 heteroatoms. The zero-order valence-electron chi connectivity index (χ0n) is 15.7. The molecule has 4 aromatic rings. The van der Waals surface area contributed by atoms with Gasteiger partial charge in [0, 0.05) is 0 Å². The molecule has 0 aliphatic rings. The van der Waals surface area contributed by atoms with Crippen LogP contribution in [0.2, 0.25) is 0 Å². The molecule has 0 saturated heterocycles. The molecule has 0 radical (unpaired) electrons. The minimum atomic E-state index is 0. The van der Waals surface area contributed by atoms with Gasteiger partial charge in [0.05, 0.1) is 0 Å². The Balaban J connectivity index is 0.00000160. The summed E-state index contributed by atoms with van der Waals surface area (Å²) in [7, 11) is 0. The predicted molar refractivity (Wildman–Crippen MR) is 137 cm³/mol. The molecule has 0 N–H and O–H groups in total. The second-order valence-electron chi connectivity index (χ2n) is 6.73. The van der Waals surface area contributed by atoms with Gasteiger partial charge in [-0.1, -0.05) is 133 Å². The van der Waals surface area contributed by atoms with Gasteiger partial charge in [0.25, 0.3) is 0 Å². The van der Waals surface area contributed by atoms with Crippen molar-refractivity contribution >= 4 is 83.4 Å². The Bertz CT molecular complexity index is 972. The fourth-order valence-electron chi connectivity index (χ4n) is 3.09. The van der Waals surface area contributed by atoms with Crippen molar-refractivity contribution in [2.24, 2.45) is 0 Å². The van der Waals surface area contributed by atoms with E-state index in [2.05, 4.69) is 121 Å². The van der Waals surface area contributed by atoms with Crippen LogP contribution in [0.25, 0.3) is 35.4 Å². The van der Waals surface area contributed by atoms with Gasteiger partial charge >= 0.3 is 59.1 Å². The number of rotatable bonds is 5. The topological polar surface area (TPSA) is 0 Å². The van der Waals surface area contributed by atoms with Crippen LogP contribution >= 0.6 is 0 Å². The predicted octanol–water partition coefficient (Wildman–Crippen LogP) is 6.40. The summed E-state index contributed by atoms with van der Waals surface area (Å²) in [4.78, 5) is 0. The molecule has 0 saturated carbocycles. The van der Waals surface area contributed by atoms with E-state index in [0.29, 0.717) is 0 Å². The molecule has 4 aromatic carbocycles. The summed E-state index contributed by atoms with van der Waals surface area (Å²) in [6.45, 7) is 0. The Morgan fingerprint density at radius 2 is 0.567 bits per heavy atom. The van der Waals surface area contributed by atoms with Crippen molar-refractivity contribution in [3.63, 3.8) is 0 Å². The van der Waals surface area contributed by atoms with Gasteiger partial charge < -0.3 is 0 Å². The number of hydrogen-bond acceptors (Lipinski definition) is 0. The van der Waals surface area contributed by atoms with E-state index in [1.807, 2.05) is 12.1 Å². The first-order valence-electron chi connectivity index (χ1n) is 9.54. The molecular weight excluding hydrogens is 382 g/mol. The molecule has 0 aliphatic heterocycles. The molecule has 0 nitrogen and oxygen atoms in total. The fraction of sp³-hybridized carbons (Fsp3) is 0. The van der Waals surface area contributed by atoms with Crippen LogP contribution in [0.4, 0.5) is 0 Å². The van der Waals surface area contributed by atoms with E-state index in [4.69, 9.17) is 0 Å². The van der Waals surface area contributed by atoms with Crippen LogP contribution in [0.1, 0.15) is 22.3 Å². The van der Waals surface area contributed by atoms with Gasteiger partial charge in [-0.2, -0.15) is 0 Å². The first-order chi connectivity index (χ1) is 13.9. The molecule has 0 bridgehead atoms. The van der Waals surface area contributed by atoms with Crippen molar-refractivity contribution in [3.8, 4) is 11.1 Å². The van der Waals surface area contributed by atoms with E-state index in [0.717, 1.165) is 0 Å². The fourth-order valence-corrected chi connectivity index (χ4v) is 3.09. The Morgan fingerprint density at radius 3 is 0.867 bits per heavy atom. The zero-order valence-corrected chi connectivity index (χ0v) is 15.7. The Morgan fingerprint density at radius 1 is 0.300 bits per heavy atom. The number of benzene rings is 4. The van der Waals surface area contributed by atoms with Crippen molar-refractivity contribution in [2.75, 3.05) is 0 Å². The van der Waals surface area contributed by atoms with Crippen molar-refractivity contribution in [3.05, 3.63) is 131 Å². The van der Waals surface area contributed by atoms with Crippen molar-refractivity contribution in [2.45, 2.75) is 0 Å². The molecule has 0 fully saturated rings. The van der Waals surface area contributed by atoms with E-state index in [1.54, 1.807) is 0 Å². The van der Waals surface area contributed by atoms with Gasteiger partial charge in [-0.05, 0) is 33.4 Å². The van der Waals surface area contributed by atoms with Gasteiger partial charge in [0.15, 0.2) is 0 Å². The van der Waals surface area contributed by atoms with Gasteiger partial charge in [0.2, 0.25) is 0 Å². The van der Waals surface area contributed by atoms with Crippen LogP contribution in [-0.4, -0.2) is 59.1 Å². The van der Waals surface area contributed by atoms with Gasteiger partial charge in [-0.15, -0.1) is 0 Å². The molecule has 0 spiro atoms. The standard InChI is InChI=1S/C28H22.2Na.2H/c1-3-7-23(8-4-1)11-13-25-15-19-27(20-16-25)28-21-17-26(18-22-28)14-12-24-9-5-2-6-10-24;;;;/h1-22H;;;;/b13-11+,14-12+;;;;. The summed E-state index contributed by atoms with van der Waals surface area (Å²) in [5, 5.41) is 0. The molecule has 0 aliphatic carbocycles. The normalized spacial score (nSPS) is 10.5. The van der Waals surface area contributed by atoms with E-state index >= 15 is 0 Å². The van der Waals surface area contributed by atoms with Gasteiger partial charge in [-0.3, -0.25) is 0 Å². The Labute approximate surface area is 224 Å². The monoisotopic (exact) mass is 406 g/mol. The van der Waals surface area contributed by atoms with E-state index in [1.165, 1.54) is 33.4 Å². The van der Waals surface area contributed by atoms with Crippen LogP contribution in [0.5, 0.6) is 0 Å². The molecule has 4 rings (SSSR count). The third-order valence-corrected chi connectivity index (χ3v) is 4.69. The van der Waals surface area contributed by atoms with E-state index in [9.17, 15) is 0 Å². The average molecular weight is 406 g/mol. The third kappa shape index (κ3) is 7.25. The van der Waals surface area contributed by atoms with Crippen molar-refractivity contribution in [1.29, 1.82) is 0 Å². The Kier molecular flexibility index (Phi) is 10.6. The molecule has 138 valence electrons. The molecule has 0 unspecified atom stereocenters. The van der Waals surface area contributed by atoms with Crippen LogP contribution < -0.4 is 0 Å². The van der Waals surface area contributed by atoms with Crippen LogP contribution in [0, 0.1) is 0 Å². The first kappa shape index (κ1) is 24.6. The maximum atomic E-state index is 2.18. The quantitative estimate of drug-likeness (QED) is 0.266. The summed E-state index contributed by atoms with van der Waals surface area (Å²) in [5.74, 6) is 0. The van der Waals surface area contributed by atoms with Gasteiger partial charge in [-0.25, -0.2) is 0 Å². The Hall–Kier alpha value is -1.64. The maximum absolute atomic E-state index is 2.18. The molecule has 0 amide bonds. The van der Waals surface area contributed by atoms with Crippen molar-refractivity contribution in [1.82, 2.24) is 0 Å². The summed E-state index contributed by atoms with van der Waals surface area (Å²) < 4.78 is 0. The average Bonchev–Trinajstić information content (AvgIpc) is 2.78. The summed E-state index contributed by atoms with van der Waals surface area (Å²) in [6, 6.07) is 38.1. The van der Waals surface area contributed by atoms with Gasteiger partial charge in [0.1, 0.15) is 0 Å². The van der Waals surface area contributed by atoms with Crippen molar-refractivity contribution < 1.29 is 0 Å². The summed E-state index contributed by atoms with van der Waals surface area (Å²) in [6.07, 6.45) is 8.58. The molecule has 0 heterocycles. The molecule has 30 heavy (non-hydrogen) atoms. The van der Waals surface area contributed by atoms with E-state index in [-0.39, 0.29) is 59.1 Å². The second kappa shape index (κ2) is 12.9. The molecule has 0 atom stereocenters. The third-order valence-electron chi connectivity index (χ3n) is 4.69. The minimum absolute atomic E-state index is 0. The second-order valence-corrected chi connectivity index (χ2v) is 6.73. The molecular formula is C28H24Na2. The summed E-state index contributed by atoms with van der Waals surface area (Å²) in [5.41, 5.74) is 7.30. The SMILES string of the molecule is C(=C\c1ccc(-c2ccc(/C=C/c3ccccc3)cc2)cc1)/c1ccccc1.[NaH].[NaH]. The summed E-state index contributed by atoms with van der Waals surface area (Å²) >= 11 is 0. The zero-order chi connectivity index (χ0) is 19.0. The van der Waals surface area contributed by atoms with Crippen LogP contribution in [-0.2, 0) is 0 Å². The van der Waals surface area contributed by atoms with Crippen LogP contribution in [0.3, 0.4) is 0 Å². The molecule has 0 aromatic heterocycles. The first-order valence-corrected chi connectivity index (χ1v) is 9.54. The van der Waals surface area contributed by atoms with E-state index < -0.39 is 0 Å². The van der Waals surface area contributed by atoms with Crippen LogP contribution in [0.15, 0.2) is 109 Å².